The molecule has 7 heteroatoms. The Labute approximate surface area is 148 Å². The first-order chi connectivity index (χ1) is 12.2. The normalized spacial score (nSPS) is 11.4. The number of aromatic nitrogens is 3. The van der Waals surface area contributed by atoms with E-state index in [4.69, 9.17) is 17.3 Å². The van der Waals surface area contributed by atoms with Gasteiger partial charge in [0.25, 0.3) is 0 Å². The SMILES string of the molecule is Nc1nn2c(-c3ccc(Cl)cc3)ccnc2c1N=Nc1ccccc1. The standard InChI is InChI=1S/C18H13ClN6/c19-13-8-6-12(7-9-13)15-10-11-21-18-16(17(20)24-25(15)18)23-22-14-4-2-1-3-5-14/h1-11H,(H2,20,24). The Morgan fingerprint density at radius 2 is 1.68 bits per heavy atom. The maximum absolute atomic E-state index is 6.04. The lowest BCUT2D eigenvalue weighted by atomic mass is 10.1. The van der Waals surface area contributed by atoms with E-state index in [1.807, 2.05) is 60.7 Å². The molecule has 2 aromatic carbocycles. The average Bonchev–Trinajstić information content (AvgIpc) is 2.97. The highest BCUT2D eigenvalue weighted by Crippen LogP contribution is 2.31. The number of nitrogen functional groups attached to an aromatic ring is 1. The summed E-state index contributed by atoms with van der Waals surface area (Å²) >= 11 is 5.96. The van der Waals surface area contributed by atoms with Crippen LogP contribution in [0.15, 0.2) is 77.1 Å². The zero-order valence-corrected chi connectivity index (χ0v) is 13.8. The molecule has 0 saturated carbocycles. The summed E-state index contributed by atoms with van der Waals surface area (Å²) in [6.45, 7) is 0. The van der Waals surface area contributed by atoms with Crippen molar-refractivity contribution >= 4 is 34.4 Å². The van der Waals surface area contributed by atoms with Crippen LogP contribution in [0, 0.1) is 0 Å². The molecule has 6 nitrogen and oxygen atoms in total. The number of hydrogen-bond acceptors (Lipinski definition) is 5. The van der Waals surface area contributed by atoms with Gasteiger partial charge in [0.1, 0.15) is 0 Å². The molecule has 0 unspecified atom stereocenters. The van der Waals surface area contributed by atoms with Crippen molar-refractivity contribution in [2.75, 3.05) is 5.73 Å². The van der Waals surface area contributed by atoms with Crippen LogP contribution in [0.3, 0.4) is 0 Å². The van der Waals surface area contributed by atoms with E-state index < -0.39 is 0 Å². The summed E-state index contributed by atoms with van der Waals surface area (Å²) < 4.78 is 1.66. The number of azo groups is 1. The summed E-state index contributed by atoms with van der Waals surface area (Å²) in [7, 11) is 0. The summed E-state index contributed by atoms with van der Waals surface area (Å²) in [5, 5.41) is 13.5. The van der Waals surface area contributed by atoms with Crippen molar-refractivity contribution < 1.29 is 0 Å². The van der Waals surface area contributed by atoms with Gasteiger partial charge in [0.15, 0.2) is 17.2 Å². The molecule has 2 heterocycles. The van der Waals surface area contributed by atoms with Crippen LogP contribution in [0.2, 0.25) is 5.02 Å². The predicted molar refractivity (Wildman–Crippen MR) is 98.5 cm³/mol. The largest absolute Gasteiger partial charge is 0.380 e. The highest BCUT2D eigenvalue weighted by atomic mass is 35.5. The fraction of sp³-hybridized carbons (Fsp3) is 0. The van der Waals surface area contributed by atoms with Crippen LogP contribution in [0.5, 0.6) is 0 Å². The molecule has 2 aromatic heterocycles. The van der Waals surface area contributed by atoms with E-state index >= 15 is 0 Å². The summed E-state index contributed by atoms with van der Waals surface area (Å²) in [6, 6.07) is 18.8. The Kier molecular flexibility index (Phi) is 3.87. The lowest BCUT2D eigenvalue weighted by Gasteiger charge is -2.04. The van der Waals surface area contributed by atoms with Gasteiger partial charge in [-0.3, -0.25) is 0 Å². The minimum atomic E-state index is 0.272. The molecule has 0 aliphatic carbocycles. The minimum absolute atomic E-state index is 0.272. The van der Waals surface area contributed by atoms with Gasteiger partial charge in [0.05, 0.1) is 11.4 Å². The number of hydrogen-bond donors (Lipinski definition) is 1. The monoisotopic (exact) mass is 348 g/mol. The van der Waals surface area contributed by atoms with Gasteiger partial charge in [-0.2, -0.15) is 5.11 Å². The second-order valence-corrected chi connectivity index (χ2v) is 5.78. The second-order valence-electron chi connectivity index (χ2n) is 5.34. The zero-order chi connectivity index (χ0) is 17.2. The molecule has 122 valence electrons. The first-order valence-corrected chi connectivity index (χ1v) is 7.96. The molecular weight excluding hydrogens is 336 g/mol. The van der Waals surface area contributed by atoms with E-state index in [0.29, 0.717) is 16.4 Å². The number of nitrogens with zero attached hydrogens (tertiary/aromatic N) is 5. The Balaban J connectivity index is 1.82. The lowest BCUT2D eigenvalue weighted by molar-refractivity contribution is 0.953. The van der Waals surface area contributed by atoms with Gasteiger partial charge >= 0.3 is 0 Å². The number of nitrogens with two attached hydrogens (primary N) is 1. The third kappa shape index (κ3) is 2.95. The van der Waals surface area contributed by atoms with Crippen LogP contribution in [-0.2, 0) is 0 Å². The van der Waals surface area contributed by atoms with E-state index in [1.54, 1.807) is 10.7 Å². The lowest BCUT2D eigenvalue weighted by Crippen LogP contribution is -1.96. The summed E-state index contributed by atoms with van der Waals surface area (Å²) in [6.07, 6.45) is 1.70. The fourth-order valence-electron chi connectivity index (χ4n) is 2.49. The number of benzene rings is 2. The molecule has 4 rings (SSSR count). The Bertz CT molecular complexity index is 1050. The van der Waals surface area contributed by atoms with Gasteiger partial charge in [-0.1, -0.05) is 41.9 Å². The van der Waals surface area contributed by atoms with E-state index in [-0.39, 0.29) is 5.82 Å². The summed E-state index contributed by atoms with van der Waals surface area (Å²) in [4.78, 5) is 4.36. The first-order valence-electron chi connectivity index (χ1n) is 7.58. The highest BCUT2D eigenvalue weighted by molar-refractivity contribution is 6.30. The quantitative estimate of drug-likeness (QED) is 0.526. The van der Waals surface area contributed by atoms with Gasteiger partial charge < -0.3 is 5.73 Å². The average molecular weight is 349 g/mol. The Morgan fingerprint density at radius 3 is 2.44 bits per heavy atom. The molecule has 0 radical (unpaired) electrons. The fourth-order valence-corrected chi connectivity index (χ4v) is 2.61. The molecule has 0 atom stereocenters. The number of anilines is 1. The van der Waals surface area contributed by atoms with Crippen molar-refractivity contribution in [1.29, 1.82) is 0 Å². The smallest absolute Gasteiger partial charge is 0.185 e. The molecule has 4 aromatic rings. The van der Waals surface area contributed by atoms with Crippen LogP contribution in [0.1, 0.15) is 0 Å². The van der Waals surface area contributed by atoms with Crippen molar-refractivity contribution in [1.82, 2.24) is 14.6 Å². The number of fused-ring (bicyclic) bond motifs is 1. The number of rotatable bonds is 3. The van der Waals surface area contributed by atoms with Crippen molar-refractivity contribution in [3.8, 4) is 11.3 Å². The van der Waals surface area contributed by atoms with Crippen molar-refractivity contribution in [3.05, 3.63) is 71.9 Å². The van der Waals surface area contributed by atoms with Crippen molar-refractivity contribution in [3.63, 3.8) is 0 Å². The minimum Gasteiger partial charge on any atom is -0.380 e. The molecular formula is C18H13ClN6. The van der Waals surface area contributed by atoms with Crippen LogP contribution in [0.4, 0.5) is 17.2 Å². The van der Waals surface area contributed by atoms with Crippen LogP contribution in [-0.4, -0.2) is 14.6 Å². The van der Waals surface area contributed by atoms with E-state index in [0.717, 1.165) is 16.9 Å². The van der Waals surface area contributed by atoms with Crippen molar-refractivity contribution in [2.24, 2.45) is 10.2 Å². The third-order valence-corrected chi connectivity index (χ3v) is 3.93. The van der Waals surface area contributed by atoms with E-state index in [9.17, 15) is 0 Å². The molecule has 0 bridgehead atoms. The van der Waals surface area contributed by atoms with Crippen LogP contribution >= 0.6 is 11.6 Å². The van der Waals surface area contributed by atoms with Gasteiger partial charge in [0.2, 0.25) is 0 Å². The molecule has 2 N–H and O–H groups in total. The van der Waals surface area contributed by atoms with Gasteiger partial charge in [-0.15, -0.1) is 10.2 Å². The molecule has 0 aliphatic heterocycles. The maximum Gasteiger partial charge on any atom is 0.185 e. The number of halogens is 1. The Hall–Kier alpha value is -3.25. The predicted octanol–water partition coefficient (Wildman–Crippen LogP) is 5.05. The second kappa shape index (κ2) is 6.33. The van der Waals surface area contributed by atoms with Gasteiger partial charge in [0, 0.05) is 16.8 Å². The molecule has 0 spiro atoms. The Morgan fingerprint density at radius 1 is 0.920 bits per heavy atom. The van der Waals surface area contributed by atoms with E-state index in [1.165, 1.54) is 0 Å². The summed E-state index contributed by atoms with van der Waals surface area (Å²) in [5.41, 5.74) is 9.56. The molecule has 0 saturated heterocycles. The molecule has 25 heavy (non-hydrogen) atoms. The molecule has 0 fully saturated rings. The third-order valence-electron chi connectivity index (χ3n) is 3.68. The van der Waals surface area contributed by atoms with Gasteiger partial charge in [-0.25, -0.2) is 9.50 Å². The molecule has 0 amide bonds. The topological polar surface area (TPSA) is 80.9 Å². The maximum atomic E-state index is 6.04. The van der Waals surface area contributed by atoms with Crippen molar-refractivity contribution in [2.45, 2.75) is 0 Å². The molecule has 0 aliphatic rings. The highest BCUT2D eigenvalue weighted by Gasteiger charge is 2.14. The van der Waals surface area contributed by atoms with Crippen LogP contribution in [0.25, 0.3) is 16.9 Å². The van der Waals surface area contributed by atoms with Gasteiger partial charge in [-0.05, 0) is 30.3 Å². The summed E-state index contributed by atoms with van der Waals surface area (Å²) in [5.74, 6) is 0.272. The van der Waals surface area contributed by atoms with Crippen LogP contribution < -0.4 is 5.73 Å². The zero-order valence-electron chi connectivity index (χ0n) is 13.0. The van der Waals surface area contributed by atoms with E-state index in [2.05, 4.69) is 20.3 Å². The first kappa shape index (κ1) is 15.3.